The van der Waals surface area contributed by atoms with Crippen LogP contribution in [-0.2, 0) is 4.79 Å². The molecule has 2 aromatic carbocycles. The second-order valence-electron chi connectivity index (χ2n) is 4.29. The van der Waals surface area contributed by atoms with Crippen LogP contribution in [0.25, 0.3) is 0 Å². The maximum Gasteiger partial charge on any atom is 0.308 e. The number of hydrogen-bond acceptors (Lipinski definition) is 3. The number of amides is 1. The fourth-order valence-corrected chi connectivity index (χ4v) is 2.80. The summed E-state index contributed by atoms with van der Waals surface area (Å²) in [7, 11) is 0. The van der Waals surface area contributed by atoms with Crippen molar-refractivity contribution in [1.82, 2.24) is 0 Å². The lowest BCUT2D eigenvalue weighted by molar-refractivity contribution is -0.131. The van der Waals surface area contributed by atoms with Gasteiger partial charge < -0.3 is 10.1 Å². The Morgan fingerprint density at radius 1 is 1.18 bits per heavy atom. The first-order valence-corrected chi connectivity index (χ1v) is 7.66. The van der Waals surface area contributed by atoms with E-state index in [-0.39, 0.29) is 11.3 Å². The van der Waals surface area contributed by atoms with Crippen LogP contribution in [0, 0.1) is 0 Å². The number of rotatable bonds is 3. The number of nitrogens with one attached hydrogen (secondary N) is 1. The fraction of sp³-hybridized carbons (Fsp3) is 0.0667. The predicted molar refractivity (Wildman–Crippen MR) is 89.9 cm³/mol. The van der Waals surface area contributed by atoms with E-state index in [1.165, 1.54) is 19.1 Å². The van der Waals surface area contributed by atoms with E-state index >= 15 is 0 Å². The lowest BCUT2D eigenvalue weighted by Crippen LogP contribution is -2.15. The molecule has 0 unspecified atom stereocenters. The van der Waals surface area contributed by atoms with Crippen LogP contribution in [0.15, 0.2) is 40.9 Å². The van der Waals surface area contributed by atoms with Gasteiger partial charge in [-0.15, -0.1) is 0 Å². The molecule has 4 nitrogen and oxygen atoms in total. The maximum absolute atomic E-state index is 12.4. The summed E-state index contributed by atoms with van der Waals surface area (Å²) >= 11 is 15.2. The molecule has 1 amide bonds. The van der Waals surface area contributed by atoms with Crippen molar-refractivity contribution in [1.29, 1.82) is 0 Å². The van der Waals surface area contributed by atoms with Crippen LogP contribution in [0.2, 0.25) is 10.0 Å². The maximum atomic E-state index is 12.4. The Morgan fingerprint density at radius 3 is 2.50 bits per heavy atom. The SMILES string of the molecule is CC(=O)Oc1c(Br)cc(Cl)cc1C(=O)Nc1ccccc1Cl. The number of carbonyl (C=O) groups is 2. The van der Waals surface area contributed by atoms with Gasteiger partial charge in [0.2, 0.25) is 0 Å². The van der Waals surface area contributed by atoms with Crippen molar-refractivity contribution in [2.75, 3.05) is 5.32 Å². The van der Waals surface area contributed by atoms with Crippen molar-refractivity contribution < 1.29 is 14.3 Å². The number of ether oxygens (including phenoxy) is 1. The standard InChI is InChI=1S/C15H10BrCl2NO3/c1-8(20)22-14-10(6-9(17)7-11(14)16)15(21)19-13-5-3-2-4-12(13)18/h2-7H,1H3,(H,19,21). The molecule has 0 saturated heterocycles. The normalized spacial score (nSPS) is 10.2. The molecular formula is C15H10BrCl2NO3. The number of benzene rings is 2. The predicted octanol–water partition coefficient (Wildman–Crippen LogP) is 4.93. The molecule has 0 fully saturated rings. The molecule has 0 bridgehead atoms. The molecule has 0 atom stereocenters. The second-order valence-corrected chi connectivity index (χ2v) is 5.99. The van der Waals surface area contributed by atoms with Crippen LogP contribution in [0.1, 0.15) is 17.3 Å². The molecule has 0 spiro atoms. The third-order valence-electron chi connectivity index (χ3n) is 2.62. The van der Waals surface area contributed by atoms with Crippen molar-refractivity contribution in [2.45, 2.75) is 6.92 Å². The Morgan fingerprint density at radius 2 is 1.86 bits per heavy atom. The highest BCUT2D eigenvalue weighted by Crippen LogP contribution is 2.34. The summed E-state index contributed by atoms with van der Waals surface area (Å²) in [6.07, 6.45) is 0. The zero-order valence-electron chi connectivity index (χ0n) is 11.3. The van der Waals surface area contributed by atoms with E-state index < -0.39 is 11.9 Å². The summed E-state index contributed by atoms with van der Waals surface area (Å²) in [6.45, 7) is 1.25. The van der Waals surface area contributed by atoms with Crippen molar-refractivity contribution in [2.24, 2.45) is 0 Å². The number of esters is 1. The molecular weight excluding hydrogens is 393 g/mol. The third kappa shape index (κ3) is 4.00. The zero-order valence-corrected chi connectivity index (χ0v) is 14.4. The molecule has 0 aliphatic heterocycles. The highest BCUT2D eigenvalue weighted by Gasteiger charge is 2.19. The molecule has 0 aliphatic rings. The minimum absolute atomic E-state index is 0.0986. The molecule has 22 heavy (non-hydrogen) atoms. The summed E-state index contributed by atoms with van der Waals surface area (Å²) in [5.74, 6) is -0.941. The highest BCUT2D eigenvalue weighted by atomic mass is 79.9. The number of anilines is 1. The van der Waals surface area contributed by atoms with Gasteiger partial charge in [-0.05, 0) is 40.2 Å². The van der Waals surface area contributed by atoms with Gasteiger partial charge in [-0.3, -0.25) is 9.59 Å². The van der Waals surface area contributed by atoms with Crippen LogP contribution in [-0.4, -0.2) is 11.9 Å². The van der Waals surface area contributed by atoms with Crippen LogP contribution < -0.4 is 10.1 Å². The van der Waals surface area contributed by atoms with E-state index in [9.17, 15) is 9.59 Å². The van der Waals surface area contributed by atoms with Gasteiger partial charge in [-0.1, -0.05) is 35.3 Å². The molecule has 0 aromatic heterocycles. The monoisotopic (exact) mass is 401 g/mol. The Bertz CT molecular complexity index is 750. The van der Waals surface area contributed by atoms with E-state index in [2.05, 4.69) is 21.2 Å². The average molecular weight is 403 g/mol. The van der Waals surface area contributed by atoms with Gasteiger partial charge in [0.15, 0.2) is 5.75 Å². The number of para-hydroxylation sites is 1. The minimum Gasteiger partial charge on any atom is -0.425 e. The number of halogens is 3. The first-order valence-electron chi connectivity index (χ1n) is 6.12. The minimum atomic E-state index is -0.546. The number of carbonyl (C=O) groups excluding carboxylic acids is 2. The molecule has 114 valence electrons. The fourth-order valence-electron chi connectivity index (χ4n) is 1.73. The van der Waals surface area contributed by atoms with Gasteiger partial charge in [0, 0.05) is 11.9 Å². The summed E-state index contributed by atoms with van der Waals surface area (Å²) in [6, 6.07) is 9.74. The van der Waals surface area contributed by atoms with Crippen molar-refractivity contribution >= 4 is 56.7 Å². The third-order valence-corrected chi connectivity index (χ3v) is 3.76. The molecule has 0 radical (unpaired) electrons. The van der Waals surface area contributed by atoms with Crippen molar-refractivity contribution in [3.05, 3.63) is 56.5 Å². The lowest BCUT2D eigenvalue weighted by Gasteiger charge is -2.12. The Hall–Kier alpha value is -1.56. The molecule has 0 saturated carbocycles. The highest BCUT2D eigenvalue weighted by molar-refractivity contribution is 9.10. The van der Waals surface area contributed by atoms with Gasteiger partial charge in [0.25, 0.3) is 5.91 Å². The van der Waals surface area contributed by atoms with Gasteiger partial charge in [-0.25, -0.2) is 0 Å². The van der Waals surface area contributed by atoms with E-state index in [1.54, 1.807) is 24.3 Å². The lowest BCUT2D eigenvalue weighted by atomic mass is 10.1. The second kappa shape index (κ2) is 7.13. The molecule has 2 rings (SSSR count). The molecule has 0 heterocycles. The van der Waals surface area contributed by atoms with Crippen molar-refractivity contribution in [3.63, 3.8) is 0 Å². The Balaban J connectivity index is 2.40. The van der Waals surface area contributed by atoms with Crippen LogP contribution in [0.4, 0.5) is 5.69 Å². The van der Waals surface area contributed by atoms with E-state index in [0.29, 0.717) is 20.2 Å². The van der Waals surface area contributed by atoms with Gasteiger partial charge >= 0.3 is 5.97 Å². The van der Waals surface area contributed by atoms with E-state index in [1.807, 2.05) is 0 Å². The van der Waals surface area contributed by atoms with Gasteiger partial charge in [0.05, 0.1) is 20.7 Å². The molecule has 0 aliphatic carbocycles. The zero-order chi connectivity index (χ0) is 16.3. The van der Waals surface area contributed by atoms with Crippen LogP contribution in [0.3, 0.4) is 0 Å². The molecule has 7 heteroatoms. The Labute approximate surface area is 145 Å². The van der Waals surface area contributed by atoms with Gasteiger partial charge in [0.1, 0.15) is 0 Å². The van der Waals surface area contributed by atoms with Crippen molar-refractivity contribution in [3.8, 4) is 5.75 Å². The van der Waals surface area contributed by atoms with Crippen LogP contribution in [0.5, 0.6) is 5.75 Å². The first kappa shape index (κ1) is 16.8. The van der Waals surface area contributed by atoms with Gasteiger partial charge in [-0.2, -0.15) is 0 Å². The molecule has 2 aromatic rings. The van der Waals surface area contributed by atoms with E-state index in [0.717, 1.165) is 0 Å². The largest absolute Gasteiger partial charge is 0.425 e. The smallest absolute Gasteiger partial charge is 0.308 e. The summed E-state index contributed by atoms with van der Waals surface area (Å²) < 4.78 is 5.48. The number of hydrogen-bond donors (Lipinski definition) is 1. The van der Waals surface area contributed by atoms with Crippen LogP contribution >= 0.6 is 39.1 Å². The van der Waals surface area contributed by atoms with E-state index in [4.69, 9.17) is 27.9 Å². The molecule has 1 N–H and O–H groups in total. The first-order chi connectivity index (χ1) is 10.4. The summed E-state index contributed by atoms with van der Waals surface area (Å²) in [4.78, 5) is 23.6. The quantitative estimate of drug-likeness (QED) is 0.584. The Kier molecular flexibility index (Phi) is 5.45. The summed E-state index contributed by atoms with van der Waals surface area (Å²) in [5, 5.41) is 3.37. The summed E-state index contributed by atoms with van der Waals surface area (Å²) in [5.41, 5.74) is 0.563. The topological polar surface area (TPSA) is 55.4 Å². The average Bonchev–Trinajstić information content (AvgIpc) is 2.43.